The third kappa shape index (κ3) is 5.75. The Morgan fingerprint density at radius 2 is 1.84 bits per heavy atom. The van der Waals surface area contributed by atoms with Crippen molar-refractivity contribution in [2.75, 3.05) is 20.3 Å². The number of benzene rings is 1. The van der Waals surface area contributed by atoms with Gasteiger partial charge in [-0.25, -0.2) is 0 Å². The van der Waals surface area contributed by atoms with Crippen LogP contribution in [0.25, 0.3) is 0 Å². The summed E-state index contributed by atoms with van der Waals surface area (Å²) in [5.74, 6) is 0.682. The molecule has 0 aliphatic carbocycles. The van der Waals surface area contributed by atoms with E-state index < -0.39 is 5.41 Å². The molecule has 4 heteroatoms. The third-order valence-electron chi connectivity index (χ3n) is 2.61. The van der Waals surface area contributed by atoms with Gasteiger partial charge in [0.2, 0.25) is 0 Å². The van der Waals surface area contributed by atoms with E-state index in [2.05, 4.69) is 5.32 Å². The Balaban J connectivity index is 2.18. The molecule has 0 unspecified atom stereocenters. The van der Waals surface area contributed by atoms with Crippen molar-refractivity contribution in [3.63, 3.8) is 0 Å². The van der Waals surface area contributed by atoms with Crippen LogP contribution in [-0.4, -0.2) is 26.2 Å². The van der Waals surface area contributed by atoms with E-state index in [4.69, 9.17) is 9.47 Å². The molecule has 0 aliphatic heterocycles. The number of ether oxygens (including phenoxy) is 2. The Morgan fingerprint density at radius 3 is 2.37 bits per heavy atom. The summed E-state index contributed by atoms with van der Waals surface area (Å²) < 4.78 is 10.3. The predicted octanol–water partition coefficient (Wildman–Crippen LogP) is 2.37. The van der Waals surface area contributed by atoms with E-state index in [0.717, 1.165) is 12.3 Å². The van der Waals surface area contributed by atoms with Crippen LogP contribution in [0.2, 0.25) is 0 Å². The monoisotopic (exact) mass is 265 g/mol. The quantitative estimate of drug-likeness (QED) is 0.633. The topological polar surface area (TPSA) is 47.6 Å². The average Bonchev–Trinajstić information content (AvgIpc) is 2.37. The number of methoxy groups -OCH3 is 1. The molecule has 0 heterocycles. The molecule has 106 valence electrons. The molecule has 1 N–H and O–H groups in total. The number of hydrogen-bond acceptors (Lipinski definition) is 4. The lowest BCUT2D eigenvalue weighted by atomic mass is 9.97. The van der Waals surface area contributed by atoms with Gasteiger partial charge in [0.1, 0.15) is 12.4 Å². The van der Waals surface area contributed by atoms with Crippen LogP contribution in [-0.2, 0) is 16.1 Å². The fourth-order valence-corrected chi connectivity index (χ4v) is 1.41. The number of nitrogens with one attached hydrogen (secondary N) is 1. The minimum Gasteiger partial charge on any atom is -0.497 e. The van der Waals surface area contributed by atoms with E-state index in [1.807, 2.05) is 45.0 Å². The van der Waals surface area contributed by atoms with Crippen molar-refractivity contribution >= 4 is 5.97 Å². The second-order valence-electron chi connectivity index (χ2n) is 5.41. The largest absolute Gasteiger partial charge is 0.497 e. The number of hydrogen-bond donors (Lipinski definition) is 1. The third-order valence-corrected chi connectivity index (χ3v) is 2.61. The predicted molar refractivity (Wildman–Crippen MR) is 75.1 cm³/mol. The van der Waals surface area contributed by atoms with Crippen LogP contribution < -0.4 is 10.1 Å². The smallest absolute Gasteiger partial charge is 0.311 e. The van der Waals surface area contributed by atoms with Gasteiger partial charge in [-0.15, -0.1) is 0 Å². The van der Waals surface area contributed by atoms with E-state index in [1.54, 1.807) is 7.11 Å². The lowest BCUT2D eigenvalue weighted by molar-refractivity contribution is -0.152. The highest BCUT2D eigenvalue weighted by Crippen LogP contribution is 2.14. The summed E-state index contributed by atoms with van der Waals surface area (Å²) in [5, 5.41) is 3.23. The van der Waals surface area contributed by atoms with Crippen LogP contribution in [0.5, 0.6) is 5.75 Å². The first kappa shape index (κ1) is 15.5. The van der Waals surface area contributed by atoms with Gasteiger partial charge in [0.15, 0.2) is 0 Å². The summed E-state index contributed by atoms with van der Waals surface area (Å²) in [7, 11) is 1.65. The van der Waals surface area contributed by atoms with Crippen molar-refractivity contribution in [2.24, 2.45) is 5.41 Å². The van der Waals surface area contributed by atoms with Crippen LogP contribution in [0.15, 0.2) is 24.3 Å². The summed E-state index contributed by atoms with van der Waals surface area (Å²) in [6.07, 6.45) is 0. The number of esters is 1. The molecule has 0 saturated carbocycles. The molecule has 0 aromatic heterocycles. The van der Waals surface area contributed by atoms with E-state index in [1.165, 1.54) is 5.56 Å². The minimum atomic E-state index is -0.435. The van der Waals surface area contributed by atoms with E-state index in [-0.39, 0.29) is 5.97 Å². The molecule has 0 amide bonds. The minimum absolute atomic E-state index is 0.168. The van der Waals surface area contributed by atoms with Crippen LogP contribution in [0, 0.1) is 5.41 Å². The summed E-state index contributed by atoms with van der Waals surface area (Å²) in [5.41, 5.74) is 0.735. The average molecular weight is 265 g/mol. The molecular weight excluding hydrogens is 242 g/mol. The van der Waals surface area contributed by atoms with Crippen LogP contribution in [0.4, 0.5) is 0 Å². The fourth-order valence-electron chi connectivity index (χ4n) is 1.41. The van der Waals surface area contributed by atoms with Crippen LogP contribution >= 0.6 is 0 Å². The highest BCUT2D eigenvalue weighted by atomic mass is 16.5. The normalized spacial score (nSPS) is 11.2. The highest BCUT2D eigenvalue weighted by Gasteiger charge is 2.22. The lowest BCUT2D eigenvalue weighted by Crippen LogP contribution is -2.27. The Labute approximate surface area is 115 Å². The molecule has 0 bridgehead atoms. The standard InChI is InChI=1S/C15H23NO3/c1-15(2,3)14(17)19-10-9-16-11-12-5-7-13(18-4)8-6-12/h5-8,16H,9-11H2,1-4H3. The Morgan fingerprint density at radius 1 is 1.21 bits per heavy atom. The molecule has 1 aromatic rings. The molecule has 0 spiro atoms. The van der Waals surface area contributed by atoms with Crippen molar-refractivity contribution in [1.82, 2.24) is 5.32 Å². The second kappa shape index (κ2) is 7.14. The molecule has 1 rings (SSSR count). The first-order valence-corrected chi connectivity index (χ1v) is 6.44. The van der Waals surface area contributed by atoms with E-state index in [9.17, 15) is 4.79 Å². The number of rotatable bonds is 6. The molecule has 19 heavy (non-hydrogen) atoms. The van der Waals surface area contributed by atoms with Gasteiger partial charge in [-0.3, -0.25) is 4.79 Å². The zero-order chi connectivity index (χ0) is 14.3. The summed E-state index contributed by atoms with van der Waals surface area (Å²) in [6.45, 7) is 7.33. The summed E-state index contributed by atoms with van der Waals surface area (Å²) >= 11 is 0. The molecule has 4 nitrogen and oxygen atoms in total. The molecule has 0 atom stereocenters. The van der Waals surface area contributed by atoms with Crippen LogP contribution in [0.1, 0.15) is 26.3 Å². The van der Waals surface area contributed by atoms with Crippen LogP contribution in [0.3, 0.4) is 0 Å². The van der Waals surface area contributed by atoms with Gasteiger partial charge >= 0.3 is 5.97 Å². The molecule has 0 radical (unpaired) electrons. The zero-order valence-corrected chi connectivity index (χ0v) is 12.2. The van der Waals surface area contributed by atoms with Gasteiger partial charge in [0, 0.05) is 13.1 Å². The molecular formula is C15H23NO3. The van der Waals surface area contributed by atoms with Gasteiger partial charge in [-0.1, -0.05) is 12.1 Å². The van der Waals surface area contributed by atoms with Crippen molar-refractivity contribution in [3.8, 4) is 5.75 Å². The summed E-state index contributed by atoms with van der Waals surface area (Å²) in [4.78, 5) is 11.5. The number of carbonyl (C=O) groups is 1. The Bertz CT molecular complexity index is 393. The fraction of sp³-hybridized carbons (Fsp3) is 0.533. The van der Waals surface area contributed by atoms with Crippen molar-refractivity contribution < 1.29 is 14.3 Å². The van der Waals surface area contributed by atoms with Gasteiger partial charge < -0.3 is 14.8 Å². The maximum Gasteiger partial charge on any atom is 0.311 e. The SMILES string of the molecule is COc1ccc(CNCCOC(=O)C(C)(C)C)cc1. The second-order valence-corrected chi connectivity index (χ2v) is 5.41. The highest BCUT2D eigenvalue weighted by molar-refractivity contribution is 5.75. The van der Waals surface area contributed by atoms with Crippen molar-refractivity contribution in [1.29, 1.82) is 0 Å². The molecule has 1 aromatic carbocycles. The molecule has 0 aliphatic rings. The van der Waals surface area contributed by atoms with E-state index in [0.29, 0.717) is 13.2 Å². The maximum absolute atomic E-state index is 11.5. The molecule has 0 fully saturated rings. The van der Waals surface area contributed by atoms with Gasteiger partial charge in [-0.05, 0) is 38.5 Å². The number of carbonyl (C=O) groups excluding carboxylic acids is 1. The Hall–Kier alpha value is -1.55. The first-order valence-electron chi connectivity index (χ1n) is 6.44. The zero-order valence-electron chi connectivity index (χ0n) is 12.2. The summed E-state index contributed by atoms with van der Waals surface area (Å²) in [6, 6.07) is 7.87. The van der Waals surface area contributed by atoms with Gasteiger partial charge in [-0.2, -0.15) is 0 Å². The van der Waals surface area contributed by atoms with Gasteiger partial charge in [0.05, 0.1) is 12.5 Å². The van der Waals surface area contributed by atoms with Gasteiger partial charge in [0.25, 0.3) is 0 Å². The van der Waals surface area contributed by atoms with Crippen molar-refractivity contribution in [2.45, 2.75) is 27.3 Å². The van der Waals surface area contributed by atoms with Crippen molar-refractivity contribution in [3.05, 3.63) is 29.8 Å². The molecule has 0 saturated heterocycles. The first-order chi connectivity index (χ1) is 8.93. The Kier molecular flexibility index (Phi) is 5.83. The lowest BCUT2D eigenvalue weighted by Gasteiger charge is -2.16. The van der Waals surface area contributed by atoms with E-state index >= 15 is 0 Å². The maximum atomic E-state index is 11.5.